The average Bonchev–Trinajstić information content (AvgIpc) is 0.865. The number of nitrogens with one attached hydrogen (secondary N) is 22. The molecule has 0 aliphatic heterocycles. The minimum absolute atomic E-state index is 0.000280. The van der Waals surface area contributed by atoms with Crippen LogP contribution >= 0.6 is 0 Å². The third-order valence-electron chi connectivity index (χ3n) is 15.8. The molecule has 0 aromatic carbocycles. The predicted octanol–water partition coefficient (Wildman–Crippen LogP) is -10.9. The van der Waals surface area contributed by atoms with E-state index in [1.807, 2.05) is 0 Å². The summed E-state index contributed by atoms with van der Waals surface area (Å²) in [5.74, 6) is -24.2. The molecule has 0 unspecified atom stereocenters. The van der Waals surface area contributed by atoms with Gasteiger partial charge in [-0.2, -0.15) is 0 Å². The number of carboxylic acid groups (broad SMARTS) is 6. The average molecular weight is 1600 g/mol. The molecule has 42 N–H and O–H groups in total. The third kappa shape index (κ3) is 47.0. The number of aliphatic carboxylic acids is 6. The van der Waals surface area contributed by atoms with E-state index in [1.54, 1.807) is 0 Å². The van der Waals surface area contributed by atoms with E-state index in [9.17, 15) is 107 Å². The largest absolute Gasteiger partial charge is 0.481 e. The van der Waals surface area contributed by atoms with Crippen LogP contribution in [0.15, 0.2) is 0 Å². The molecule has 112 heavy (non-hydrogen) atoms. The molecule has 51 nitrogen and oxygen atoms in total. The maximum absolute atomic E-state index is 14.6. The second-order valence-electron chi connectivity index (χ2n) is 25.1. The lowest BCUT2D eigenvalue weighted by Crippen LogP contribution is -2.61. The van der Waals surface area contributed by atoms with E-state index in [0.717, 1.165) is 0 Å². The van der Waals surface area contributed by atoms with Crippen molar-refractivity contribution in [2.24, 2.45) is 40.1 Å². The summed E-state index contributed by atoms with van der Waals surface area (Å²) in [6, 6.07) is -19.6. The van der Waals surface area contributed by atoms with Crippen molar-refractivity contribution in [2.45, 2.75) is 208 Å². The highest BCUT2D eigenvalue weighted by atomic mass is 16.4. The number of carbonyl (C=O) groups is 16. The molecule has 0 aliphatic rings. The molecule has 51 heteroatoms. The number of nitrogens with two attached hydrogens (primary N) is 7. The Kier molecular flexibility index (Phi) is 48.4. The molecule has 0 rings (SSSR count). The topological polar surface area (TPSA) is 912 Å². The highest BCUT2D eigenvalue weighted by molar-refractivity contribution is 5.99. The number of carbonyl (C=O) groups excluding carboxylic acids is 10. The minimum atomic E-state index is -2.00. The molecule has 0 radical (unpaired) electrons. The van der Waals surface area contributed by atoms with E-state index in [4.69, 9.17) is 72.6 Å². The van der Waals surface area contributed by atoms with Crippen molar-refractivity contribution < 1.29 is 107 Å². The second kappa shape index (κ2) is 54.6. The Morgan fingerprint density at radius 3 is 0.527 bits per heavy atom. The van der Waals surface area contributed by atoms with Crippen LogP contribution in [0, 0.1) is 32.5 Å². The summed E-state index contributed by atoms with van der Waals surface area (Å²) in [5, 5.41) is 141. The molecule has 0 heterocycles. The van der Waals surface area contributed by atoms with Crippen LogP contribution in [0.4, 0.5) is 0 Å². The van der Waals surface area contributed by atoms with Gasteiger partial charge in [-0.15, -0.1) is 0 Å². The number of hydrogen-bond acceptors (Lipinski definition) is 23. The summed E-state index contributed by atoms with van der Waals surface area (Å²) >= 11 is 0. The number of carboxylic acids is 6. The van der Waals surface area contributed by atoms with Crippen LogP contribution < -0.4 is 125 Å². The molecule has 0 aromatic heterocycles. The highest BCUT2D eigenvalue weighted by Crippen LogP contribution is 2.13. The van der Waals surface area contributed by atoms with Gasteiger partial charge in [0.15, 0.2) is 35.8 Å². The van der Waals surface area contributed by atoms with Gasteiger partial charge in [-0.1, -0.05) is 0 Å². The molecule has 630 valence electrons. The Morgan fingerprint density at radius 1 is 0.223 bits per heavy atom. The Bertz CT molecular complexity index is 3300. The lowest BCUT2D eigenvalue weighted by Gasteiger charge is -2.28. The fourth-order valence-electron chi connectivity index (χ4n) is 10.1. The summed E-state index contributed by atoms with van der Waals surface area (Å²) < 4.78 is 0. The molecule has 10 amide bonds. The molecule has 11 atom stereocenters. The van der Waals surface area contributed by atoms with Gasteiger partial charge in [-0.3, -0.25) is 104 Å². The van der Waals surface area contributed by atoms with E-state index >= 15 is 0 Å². The van der Waals surface area contributed by atoms with E-state index in [1.165, 1.54) is 0 Å². The van der Waals surface area contributed by atoms with Gasteiger partial charge in [0, 0.05) is 71.4 Å². The minimum Gasteiger partial charge on any atom is -0.481 e. The lowest BCUT2D eigenvalue weighted by molar-refractivity contribution is -0.143. The van der Waals surface area contributed by atoms with Crippen LogP contribution in [0.2, 0.25) is 0 Å². The van der Waals surface area contributed by atoms with E-state index < -0.39 is 275 Å². The molecular formula is C61H109N29O22. The van der Waals surface area contributed by atoms with Crippen LogP contribution in [0.25, 0.3) is 0 Å². The monoisotopic (exact) mass is 1600 g/mol. The van der Waals surface area contributed by atoms with Crippen LogP contribution in [0.3, 0.4) is 0 Å². The van der Waals surface area contributed by atoms with Gasteiger partial charge < -0.3 is 156 Å². The predicted molar refractivity (Wildman–Crippen MR) is 394 cm³/mol. The van der Waals surface area contributed by atoms with E-state index in [2.05, 4.69) is 85.1 Å². The quantitative estimate of drug-likeness (QED) is 0.0153. The fourth-order valence-corrected chi connectivity index (χ4v) is 10.1. The van der Waals surface area contributed by atoms with Gasteiger partial charge in [0.1, 0.15) is 60.4 Å². The first kappa shape index (κ1) is 99.1. The van der Waals surface area contributed by atoms with Crippen LogP contribution in [0.5, 0.6) is 0 Å². The van der Waals surface area contributed by atoms with Crippen molar-refractivity contribution in [1.29, 1.82) is 32.5 Å². The Labute approximate surface area is 640 Å². The summed E-state index contributed by atoms with van der Waals surface area (Å²) in [7, 11) is 0. The third-order valence-corrected chi connectivity index (χ3v) is 15.8. The van der Waals surface area contributed by atoms with Crippen molar-refractivity contribution in [1.82, 2.24) is 85.1 Å². The maximum Gasteiger partial charge on any atom is 0.326 e. The zero-order chi connectivity index (χ0) is 85.2. The molecule has 0 aromatic rings. The van der Waals surface area contributed by atoms with Crippen molar-refractivity contribution >= 4 is 131 Å². The zero-order valence-electron chi connectivity index (χ0n) is 61.4. The molecule has 0 aliphatic carbocycles. The number of hydrogen-bond donors (Lipinski definition) is 35. The SMILES string of the molecule is N=C(N)NCCC[C@H](NC(=O)[C@H](CCC(=O)O)NC(=O)[C@H](CCCNC(=N)N)NC(=O)[C@H](CCC(=O)O)NC(=O)[C@H](CCCNC(=N)N)NC(=O)[C@H](CCC(=O)O)NC(=O)[C@H](CCCNC(=N)N)NC(=O)[C@H](CCC(=O)O)NC(=O)[C@H](CCCNC(=N)N)NC(=O)[C@H](CCC(=O)O)NC(=O)[C@@H](N)CCCNC(=N)N)C(=O)O. The Hall–Kier alpha value is -12.9. The fraction of sp³-hybridized carbons (Fsp3) is 0.639. The van der Waals surface area contributed by atoms with Gasteiger partial charge in [0.25, 0.3) is 0 Å². The lowest BCUT2D eigenvalue weighted by atomic mass is 10.0. The van der Waals surface area contributed by atoms with Gasteiger partial charge in [0.05, 0.1) is 6.04 Å². The van der Waals surface area contributed by atoms with Gasteiger partial charge in [-0.25, -0.2) is 4.79 Å². The van der Waals surface area contributed by atoms with Crippen LogP contribution in [-0.2, 0) is 76.7 Å². The Morgan fingerprint density at radius 2 is 0.366 bits per heavy atom. The van der Waals surface area contributed by atoms with Gasteiger partial charge >= 0.3 is 35.8 Å². The van der Waals surface area contributed by atoms with Crippen LogP contribution in [-0.4, -0.2) is 267 Å². The van der Waals surface area contributed by atoms with Crippen LogP contribution in [0.1, 0.15) is 141 Å². The second-order valence-corrected chi connectivity index (χ2v) is 25.1. The van der Waals surface area contributed by atoms with Crippen molar-refractivity contribution in [3.05, 3.63) is 0 Å². The Balaban J connectivity index is 7.74. The molecular weight excluding hydrogens is 1490 g/mol. The van der Waals surface area contributed by atoms with Crippen molar-refractivity contribution in [3.63, 3.8) is 0 Å². The summed E-state index contributed by atoms with van der Waals surface area (Å²) in [5.41, 5.74) is 38.3. The number of amides is 10. The zero-order valence-corrected chi connectivity index (χ0v) is 61.4. The summed E-state index contributed by atoms with van der Waals surface area (Å²) in [6.07, 6.45) is -9.97. The first-order valence-electron chi connectivity index (χ1n) is 35.1. The first-order valence-corrected chi connectivity index (χ1v) is 35.1. The van der Waals surface area contributed by atoms with E-state index in [-0.39, 0.29) is 103 Å². The molecule has 0 saturated carbocycles. The highest BCUT2D eigenvalue weighted by Gasteiger charge is 2.37. The van der Waals surface area contributed by atoms with Gasteiger partial charge in [-0.05, 0) is 109 Å². The maximum atomic E-state index is 14.6. The normalized spacial score (nSPS) is 13.6. The molecule has 0 saturated heterocycles. The number of rotatable bonds is 60. The number of guanidine groups is 6. The smallest absolute Gasteiger partial charge is 0.326 e. The first-order chi connectivity index (χ1) is 52.5. The van der Waals surface area contributed by atoms with Gasteiger partial charge in [0.2, 0.25) is 59.1 Å². The molecule has 0 fully saturated rings. The standard InChI is InChI=1S/C61H109N29O22/c62-29(7-1-23-75-56(63)64)45(101)81-34(13-18-40(91)92)50(106)82-30(8-2-24-76-57(65)66)46(102)86-35(14-19-41(93)94)51(107)83-31(9-3-25-77-58(67)68)47(103)87-36(15-20-42(95)96)52(108)84-32(10-4-26-78-59(69)70)48(104)88-37(16-21-43(97)98)53(109)85-33(11-5-27-79-60(71)72)49(105)89-38(17-22-44(99)100)54(110)90-39(55(111)112)12-6-28-80-61(73)74/h29-39H,1-28,62H2,(H,81,101)(H,82,106)(H,83,107)(H,84,108)(H,85,109)(H,86,102)(H,87,103)(H,88,104)(H,89,105)(H,90,110)(H,91,92)(H,93,94)(H,95,96)(H,97,98)(H,99,100)(H,111,112)(H4,63,64,75)(H4,65,66,76)(H4,67,68,77)(H4,69,70,78)(H4,71,72,79)(H4,73,74,80)/t29-,30-,31-,32-,33-,34-,35-,36-,37-,38-,39-/m0/s1. The van der Waals surface area contributed by atoms with E-state index in [0.29, 0.717) is 0 Å². The molecule has 0 spiro atoms. The summed E-state index contributed by atoms with van der Waals surface area (Å²) in [6.45, 7) is -0.497. The molecule has 0 bridgehead atoms. The van der Waals surface area contributed by atoms with Crippen molar-refractivity contribution in [3.8, 4) is 0 Å². The van der Waals surface area contributed by atoms with Crippen molar-refractivity contribution in [2.75, 3.05) is 39.3 Å². The summed E-state index contributed by atoms with van der Waals surface area (Å²) in [4.78, 5) is 214.